The van der Waals surface area contributed by atoms with Gasteiger partial charge in [-0.2, -0.15) is 0 Å². The molecule has 55 heavy (non-hydrogen) atoms. The number of aliphatic hydroxyl groups excluding tert-OH is 1. The number of aliphatic hydroxyl groups is 1. The summed E-state index contributed by atoms with van der Waals surface area (Å²) in [6.07, 6.45) is 67.7. The van der Waals surface area contributed by atoms with Gasteiger partial charge < -0.3 is 14.6 Å². The number of ether oxygens (including phenoxy) is 2. The van der Waals surface area contributed by atoms with Gasteiger partial charge in [-0.05, 0) is 83.5 Å². The Hall–Kier alpha value is -2.69. The molecule has 0 aliphatic carbocycles. The molecule has 0 aromatic carbocycles. The molecule has 0 saturated heterocycles. The zero-order valence-corrected chi connectivity index (χ0v) is 35.9. The normalized spacial score (nSPS) is 13.3. The highest BCUT2D eigenvalue weighted by molar-refractivity contribution is 5.69. The van der Waals surface area contributed by atoms with Gasteiger partial charge in [0.25, 0.3) is 0 Å². The fourth-order valence-electron chi connectivity index (χ4n) is 6.03. The van der Waals surface area contributed by atoms with Gasteiger partial charge in [0.05, 0.1) is 13.2 Å². The molecule has 1 unspecified atom stereocenters. The number of unbranched alkanes of at least 4 members (excludes halogenated alkanes) is 17. The van der Waals surface area contributed by atoms with E-state index in [1.807, 2.05) is 6.08 Å². The number of carbonyl (C=O) groups is 1. The van der Waals surface area contributed by atoms with Gasteiger partial charge in [0.1, 0.15) is 6.10 Å². The van der Waals surface area contributed by atoms with Gasteiger partial charge in [-0.1, -0.05) is 201 Å². The predicted octanol–water partition coefficient (Wildman–Crippen LogP) is 15.3. The SMILES string of the molecule is CC/C=C\C/C=C\C/C=C\C/C=C\C/C=C\C/C=C\CCC(=O)OC(CO)COCCCCCCCCCCCCCC/C=C\C/C=C\CCCCCCC. The Morgan fingerprint density at radius 2 is 0.818 bits per heavy atom. The summed E-state index contributed by atoms with van der Waals surface area (Å²) >= 11 is 0. The first-order valence-corrected chi connectivity index (χ1v) is 22.8. The molecule has 0 fully saturated rings. The van der Waals surface area contributed by atoms with Crippen molar-refractivity contribution < 1.29 is 19.4 Å². The second kappa shape index (κ2) is 47.5. The van der Waals surface area contributed by atoms with Crippen LogP contribution < -0.4 is 0 Å². The van der Waals surface area contributed by atoms with Crippen LogP contribution in [0.2, 0.25) is 0 Å². The Labute approximate surface area is 341 Å². The Morgan fingerprint density at radius 1 is 0.455 bits per heavy atom. The minimum atomic E-state index is -0.582. The number of carbonyl (C=O) groups excluding carboxylic acids is 1. The lowest BCUT2D eigenvalue weighted by atomic mass is 10.0. The van der Waals surface area contributed by atoms with E-state index in [-0.39, 0.29) is 19.2 Å². The molecule has 0 rings (SSSR count). The molecule has 0 aliphatic heterocycles. The quantitative estimate of drug-likeness (QED) is 0.0383. The average molecular weight is 763 g/mol. The molecule has 0 aromatic rings. The summed E-state index contributed by atoms with van der Waals surface area (Å²) in [5.41, 5.74) is 0. The summed E-state index contributed by atoms with van der Waals surface area (Å²) in [4.78, 5) is 12.2. The van der Waals surface area contributed by atoms with Gasteiger partial charge in [0.15, 0.2) is 0 Å². The maximum atomic E-state index is 12.2. The third-order valence-electron chi connectivity index (χ3n) is 9.41. The molecule has 4 nitrogen and oxygen atoms in total. The summed E-state index contributed by atoms with van der Waals surface area (Å²) in [6, 6.07) is 0. The number of esters is 1. The maximum Gasteiger partial charge on any atom is 0.306 e. The highest BCUT2D eigenvalue weighted by Crippen LogP contribution is 2.13. The third kappa shape index (κ3) is 45.6. The second-order valence-corrected chi connectivity index (χ2v) is 14.7. The lowest BCUT2D eigenvalue weighted by Gasteiger charge is -2.15. The minimum absolute atomic E-state index is 0.208. The Balaban J connectivity index is 3.54. The van der Waals surface area contributed by atoms with Gasteiger partial charge in [-0.3, -0.25) is 4.79 Å². The van der Waals surface area contributed by atoms with E-state index in [2.05, 4.69) is 105 Å². The molecule has 0 aliphatic rings. The zero-order chi connectivity index (χ0) is 39.8. The number of rotatable bonds is 41. The van der Waals surface area contributed by atoms with Crippen LogP contribution in [-0.4, -0.2) is 37.0 Å². The van der Waals surface area contributed by atoms with Crippen molar-refractivity contribution >= 4 is 5.97 Å². The highest BCUT2D eigenvalue weighted by atomic mass is 16.6. The molecular formula is C51H86O4. The molecule has 1 atom stereocenters. The van der Waals surface area contributed by atoms with Gasteiger partial charge in [0, 0.05) is 13.0 Å². The van der Waals surface area contributed by atoms with Crippen LogP contribution in [0.4, 0.5) is 0 Å². The first-order valence-electron chi connectivity index (χ1n) is 22.8. The van der Waals surface area contributed by atoms with Crippen molar-refractivity contribution in [1.29, 1.82) is 0 Å². The Bertz CT molecular complexity index is 1030. The van der Waals surface area contributed by atoms with Gasteiger partial charge in [-0.15, -0.1) is 0 Å². The van der Waals surface area contributed by atoms with Crippen molar-refractivity contribution in [2.24, 2.45) is 0 Å². The first kappa shape index (κ1) is 52.3. The Kier molecular flexibility index (Phi) is 45.1. The summed E-state index contributed by atoms with van der Waals surface area (Å²) in [6.45, 7) is 5.13. The van der Waals surface area contributed by atoms with Gasteiger partial charge in [-0.25, -0.2) is 0 Å². The first-order chi connectivity index (χ1) is 27.2. The molecule has 0 spiro atoms. The summed E-state index contributed by atoms with van der Waals surface area (Å²) in [5.74, 6) is -0.285. The van der Waals surface area contributed by atoms with Crippen LogP contribution in [0, 0.1) is 0 Å². The smallest absolute Gasteiger partial charge is 0.306 e. The van der Waals surface area contributed by atoms with Crippen molar-refractivity contribution in [3.05, 3.63) is 97.2 Å². The second-order valence-electron chi connectivity index (χ2n) is 14.7. The number of hydrogen-bond acceptors (Lipinski definition) is 4. The molecule has 0 aromatic heterocycles. The molecule has 0 heterocycles. The molecule has 1 N–H and O–H groups in total. The average Bonchev–Trinajstić information content (AvgIpc) is 3.19. The summed E-state index contributed by atoms with van der Waals surface area (Å²) in [7, 11) is 0. The number of allylic oxidation sites excluding steroid dienone is 16. The van der Waals surface area contributed by atoms with Gasteiger partial charge in [0.2, 0.25) is 0 Å². The van der Waals surface area contributed by atoms with Crippen LogP contribution in [0.1, 0.15) is 194 Å². The zero-order valence-electron chi connectivity index (χ0n) is 35.9. The monoisotopic (exact) mass is 763 g/mol. The lowest BCUT2D eigenvalue weighted by molar-refractivity contribution is -0.154. The van der Waals surface area contributed by atoms with Crippen molar-refractivity contribution in [2.75, 3.05) is 19.8 Å². The van der Waals surface area contributed by atoms with E-state index in [4.69, 9.17) is 9.47 Å². The predicted molar refractivity (Wildman–Crippen MR) is 242 cm³/mol. The molecule has 0 saturated carbocycles. The molecular weight excluding hydrogens is 677 g/mol. The van der Waals surface area contributed by atoms with E-state index in [1.165, 1.54) is 116 Å². The molecule has 0 amide bonds. The maximum absolute atomic E-state index is 12.2. The van der Waals surface area contributed by atoms with E-state index in [0.29, 0.717) is 19.4 Å². The van der Waals surface area contributed by atoms with E-state index >= 15 is 0 Å². The fraction of sp³-hybridized carbons (Fsp3) is 0.667. The van der Waals surface area contributed by atoms with E-state index in [9.17, 15) is 9.90 Å². The van der Waals surface area contributed by atoms with Crippen molar-refractivity contribution in [3.8, 4) is 0 Å². The fourth-order valence-corrected chi connectivity index (χ4v) is 6.03. The van der Waals surface area contributed by atoms with Crippen molar-refractivity contribution in [3.63, 3.8) is 0 Å². The third-order valence-corrected chi connectivity index (χ3v) is 9.41. The van der Waals surface area contributed by atoms with Crippen molar-refractivity contribution in [1.82, 2.24) is 0 Å². The standard InChI is InChI=1S/C51H86O4/c1-3-5-7-9-11-13-15-17-19-21-23-24-25-26-27-29-31-33-35-37-39-41-43-45-47-54-49-50(48-52)55-51(53)46-44-42-40-38-36-34-32-30-28-22-20-18-16-14-12-10-8-6-4-2/h6,8,12,14-15,17-18,20-21,23,28,30,34,36,40,42,50,52H,3-5,7,9-11,13,16,19,22,24-27,29,31-33,35,37-39,41,43-49H2,1-2H3/b8-6-,14-12-,17-15-,20-18-,23-21-,30-28-,36-34-,42-40-. The van der Waals surface area contributed by atoms with Crippen molar-refractivity contribution in [2.45, 2.75) is 200 Å². The van der Waals surface area contributed by atoms with Crippen LogP contribution >= 0.6 is 0 Å². The topological polar surface area (TPSA) is 55.8 Å². The lowest BCUT2D eigenvalue weighted by Crippen LogP contribution is -2.27. The number of hydrogen-bond donors (Lipinski definition) is 1. The minimum Gasteiger partial charge on any atom is -0.457 e. The van der Waals surface area contributed by atoms with E-state index in [1.54, 1.807) is 0 Å². The molecule has 314 valence electrons. The van der Waals surface area contributed by atoms with Crippen LogP contribution in [0.25, 0.3) is 0 Å². The largest absolute Gasteiger partial charge is 0.457 e. The Morgan fingerprint density at radius 3 is 1.24 bits per heavy atom. The van der Waals surface area contributed by atoms with Crippen LogP contribution in [0.15, 0.2) is 97.2 Å². The molecule has 4 heteroatoms. The molecule has 0 bridgehead atoms. The summed E-state index contributed by atoms with van der Waals surface area (Å²) in [5, 5.41) is 9.61. The highest BCUT2D eigenvalue weighted by Gasteiger charge is 2.13. The van der Waals surface area contributed by atoms with Crippen LogP contribution in [0.3, 0.4) is 0 Å². The molecule has 0 radical (unpaired) electrons. The van der Waals surface area contributed by atoms with Gasteiger partial charge >= 0.3 is 5.97 Å². The van der Waals surface area contributed by atoms with Crippen LogP contribution in [0.5, 0.6) is 0 Å². The van der Waals surface area contributed by atoms with Crippen LogP contribution in [-0.2, 0) is 14.3 Å². The summed E-state index contributed by atoms with van der Waals surface area (Å²) < 4.78 is 11.1. The van der Waals surface area contributed by atoms with E-state index < -0.39 is 6.10 Å². The van der Waals surface area contributed by atoms with E-state index in [0.717, 1.165) is 51.4 Å².